The van der Waals surface area contributed by atoms with Crippen LogP contribution in [0.25, 0.3) is 0 Å². The third-order valence-corrected chi connectivity index (χ3v) is 4.09. The van der Waals surface area contributed by atoms with Gasteiger partial charge in [-0.25, -0.2) is 9.67 Å². The monoisotopic (exact) mass is 314 g/mol. The Morgan fingerprint density at radius 1 is 1.13 bits per heavy atom. The molecule has 0 spiro atoms. The van der Waals surface area contributed by atoms with E-state index in [2.05, 4.69) is 31.3 Å². The van der Waals surface area contributed by atoms with Crippen molar-refractivity contribution < 1.29 is 0 Å². The minimum Gasteiger partial charge on any atom is -0.379 e. The van der Waals surface area contributed by atoms with Gasteiger partial charge in [-0.1, -0.05) is 6.07 Å². The number of hydrogen-bond donors (Lipinski definition) is 1. The highest BCUT2D eigenvalue weighted by Crippen LogP contribution is 2.12. The van der Waals surface area contributed by atoms with Crippen LogP contribution in [0.2, 0.25) is 0 Å². The Balaban J connectivity index is 1.44. The van der Waals surface area contributed by atoms with Gasteiger partial charge in [0.05, 0.1) is 0 Å². The van der Waals surface area contributed by atoms with Crippen LogP contribution in [0.15, 0.2) is 41.5 Å². The predicted molar refractivity (Wildman–Crippen MR) is 90.9 cm³/mol. The van der Waals surface area contributed by atoms with E-state index in [4.69, 9.17) is 0 Å². The van der Waals surface area contributed by atoms with Gasteiger partial charge in [-0.2, -0.15) is 5.10 Å². The van der Waals surface area contributed by atoms with E-state index in [9.17, 15) is 4.79 Å². The van der Waals surface area contributed by atoms with Gasteiger partial charge in [0.2, 0.25) is 0 Å². The van der Waals surface area contributed by atoms with Gasteiger partial charge < -0.3 is 10.2 Å². The number of aryl methyl sites for hydroxylation is 1. The van der Waals surface area contributed by atoms with Gasteiger partial charge >= 0.3 is 0 Å². The van der Waals surface area contributed by atoms with Crippen molar-refractivity contribution in [1.29, 1.82) is 0 Å². The molecule has 3 rings (SSSR count). The highest BCUT2D eigenvalue weighted by atomic mass is 16.1. The Morgan fingerprint density at radius 3 is 2.70 bits per heavy atom. The molecule has 3 heterocycles. The van der Waals surface area contributed by atoms with Gasteiger partial charge in [0.25, 0.3) is 5.56 Å². The summed E-state index contributed by atoms with van der Waals surface area (Å²) in [6, 6.07) is 7.74. The molecule has 1 N–H and O–H groups in total. The van der Waals surface area contributed by atoms with Gasteiger partial charge in [-0.3, -0.25) is 9.69 Å². The maximum atomic E-state index is 11.9. The molecule has 0 aromatic carbocycles. The number of piperazine rings is 1. The van der Waals surface area contributed by atoms with E-state index in [0.717, 1.165) is 45.1 Å². The van der Waals surface area contributed by atoms with Gasteiger partial charge in [-0.05, 0) is 18.2 Å². The molecular weight excluding hydrogens is 292 g/mol. The van der Waals surface area contributed by atoms with Crippen LogP contribution in [0.4, 0.5) is 11.5 Å². The van der Waals surface area contributed by atoms with Crippen molar-refractivity contribution in [1.82, 2.24) is 19.7 Å². The molecule has 7 nitrogen and oxygen atoms in total. The summed E-state index contributed by atoms with van der Waals surface area (Å²) in [6.45, 7) is 5.64. The fourth-order valence-electron chi connectivity index (χ4n) is 2.73. The molecule has 1 fully saturated rings. The molecule has 1 aliphatic rings. The quantitative estimate of drug-likeness (QED) is 0.862. The van der Waals surface area contributed by atoms with Crippen molar-refractivity contribution in [3.05, 3.63) is 47.0 Å². The lowest BCUT2D eigenvalue weighted by Crippen LogP contribution is -2.48. The lowest BCUT2D eigenvalue weighted by Gasteiger charge is -2.35. The van der Waals surface area contributed by atoms with Crippen LogP contribution in [0.3, 0.4) is 0 Å². The minimum atomic E-state index is -0.0903. The molecule has 1 aliphatic heterocycles. The summed E-state index contributed by atoms with van der Waals surface area (Å²) < 4.78 is 1.34. The summed E-state index contributed by atoms with van der Waals surface area (Å²) in [4.78, 5) is 21.0. The van der Waals surface area contributed by atoms with E-state index in [-0.39, 0.29) is 5.56 Å². The van der Waals surface area contributed by atoms with Gasteiger partial charge in [0, 0.05) is 58.7 Å². The second-order valence-electron chi connectivity index (χ2n) is 5.62. The largest absolute Gasteiger partial charge is 0.379 e. The lowest BCUT2D eigenvalue weighted by atomic mass is 10.3. The molecule has 2 aromatic heterocycles. The van der Waals surface area contributed by atoms with Crippen molar-refractivity contribution in [2.24, 2.45) is 7.05 Å². The molecule has 0 unspecified atom stereocenters. The van der Waals surface area contributed by atoms with E-state index in [1.165, 1.54) is 4.68 Å². The minimum absolute atomic E-state index is 0.0903. The normalized spacial score (nSPS) is 15.6. The van der Waals surface area contributed by atoms with E-state index < -0.39 is 0 Å². The second kappa shape index (κ2) is 7.23. The standard InChI is InChI=1S/C16H22N6O/c1-20-16(23)14(5-7-19-20)17-8-9-21-10-12-22(13-11-21)15-4-2-3-6-18-15/h2-7,17H,8-13H2,1H3. The summed E-state index contributed by atoms with van der Waals surface area (Å²) in [5, 5.41) is 7.12. The van der Waals surface area contributed by atoms with Crippen molar-refractivity contribution in [3.63, 3.8) is 0 Å². The number of pyridine rings is 1. The molecule has 0 radical (unpaired) electrons. The number of nitrogens with one attached hydrogen (secondary N) is 1. The molecule has 23 heavy (non-hydrogen) atoms. The maximum Gasteiger partial charge on any atom is 0.289 e. The Hall–Kier alpha value is -2.41. The van der Waals surface area contributed by atoms with Crippen molar-refractivity contribution in [2.45, 2.75) is 0 Å². The predicted octanol–water partition coefficient (Wildman–Crippen LogP) is 0.409. The smallest absolute Gasteiger partial charge is 0.289 e. The van der Waals surface area contributed by atoms with Crippen molar-refractivity contribution >= 4 is 11.5 Å². The Morgan fingerprint density at radius 2 is 1.96 bits per heavy atom. The first-order valence-corrected chi connectivity index (χ1v) is 7.88. The molecule has 0 bridgehead atoms. The first-order chi connectivity index (χ1) is 11.2. The van der Waals surface area contributed by atoms with Crippen LogP contribution < -0.4 is 15.8 Å². The summed E-state index contributed by atoms with van der Waals surface area (Å²) in [6.07, 6.45) is 3.47. The summed E-state index contributed by atoms with van der Waals surface area (Å²) in [5.74, 6) is 1.05. The van der Waals surface area contributed by atoms with Gasteiger partial charge in [0.1, 0.15) is 11.5 Å². The zero-order chi connectivity index (χ0) is 16.1. The molecule has 122 valence electrons. The molecular formula is C16H22N6O. The fraction of sp³-hybridized carbons (Fsp3) is 0.438. The summed E-state index contributed by atoms with van der Waals surface area (Å²) in [7, 11) is 1.66. The molecule has 2 aromatic rings. The lowest BCUT2D eigenvalue weighted by molar-refractivity contribution is 0.266. The van der Waals surface area contributed by atoms with Crippen LogP contribution in [0, 0.1) is 0 Å². The molecule has 0 aliphatic carbocycles. The van der Waals surface area contributed by atoms with E-state index in [1.54, 1.807) is 19.3 Å². The zero-order valence-corrected chi connectivity index (χ0v) is 13.4. The number of anilines is 2. The van der Waals surface area contributed by atoms with Gasteiger partial charge in [0.15, 0.2) is 0 Å². The zero-order valence-electron chi connectivity index (χ0n) is 13.4. The SMILES string of the molecule is Cn1nccc(NCCN2CCN(c3ccccn3)CC2)c1=O. The van der Waals surface area contributed by atoms with Gasteiger partial charge in [-0.15, -0.1) is 0 Å². The van der Waals surface area contributed by atoms with E-state index >= 15 is 0 Å². The topological polar surface area (TPSA) is 66.3 Å². The van der Waals surface area contributed by atoms with Crippen LogP contribution in [0.5, 0.6) is 0 Å². The molecule has 0 amide bonds. The highest BCUT2D eigenvalue weighted by Gasteiger charge is 2.17. The van der Waals surface area contributed by atoms with Crippen LogP contribution in [-0.4, -0.2) is 58.9 Å². The summed E-state index contributed by atoms with van der Waals surface area (Å²) in [5.41, 5.74) is 0.516. The van der Waals surface area contributed by atoms with Crippen LogP contribution in [-0.2, 0) is 7.05 Å². The highest BCUT2D eigenvalue weighted by molar-refractivity contribution is 5.39. The summed E-state index contributed by atoms with van der Waals surface area (Å²) >= 11 is 0. The first-order valence-electron chi connectivity index (χ1n) is 7.88. The number of hydrogen-bond acceptors (Lipinski definition) is 6. The second-order valence-corrected chi connectivity index (χ2v) is 5.62. The van der Waals surface area contributed by atoms with E-state index in [1.807, 2.05) is 18.3 Å². The number of rotatable bonds is 5. The average molecular weight is 314 g/mol. The Bertz CT molecular complexity index is 678. The fourth-order valence-corrected chi connectivity index (χ4v) is 2.73. The molecule has 0 saturated carbocycles. The van der Waals surface area contributed by atoms with Crippen LogP contribution in [0.1, 0.15) is 0 Å². The molecule has 1 saturated heterocycles. The third kappa shape index (κ3) is 3.87. The number of nitrogens with zero attached hydrogens (tertiary/aromatic N) is 5. The first kappa shape index (κ1) is 15.5. The van der Waals surface area contributed by atoms with Crippen LogP contribution >= 0.6 is 0 Å². The Kier molecular flexibility index (Phi) is 4.87. The molecule has 7 heteroatoms. The molecule has 0 atom stereocenters. The Labute approximate surface area is 135 Å². The van der Waals surface area contributed by atoms with Crippen molar-refractivity contribution in [2.75, 3.05) is 49.5 Å². The maximum absolute atomic E-state index is 11.9. The average Bonchev–Trinajstić information content (AvgIpc) is 2.60. The van der Waals surface area contributed by atoms with E-state index in [0.29, 0.717) is 5.69 Å². The van der Waals surface area contributed by atoms with Crippen molar-refractivity contribution in [3.8, 4) is 0 Å². The number of aromatic nitrogens is 3. The third-order valence-electron chi connectivity index (χ3n) is 4.09.